The molecule has 136 valence electrons. The maximum Gasteiger partial charge on any atom is 0.199 e. The summed E-state index contributed by atoms with van der Waals surface area (Å²) in [5, 5.41) is 13.6. The molecule has 3 aromatic rings. The Balaban J connectivity index is 1.71. The predicted octanol–water partition coefficient (Wildman–Crippen LogP) is 2.56. The summed E-state index contributed by atoms with van der Waals surface area (Å²) in [5.41, 5.74) is 4.66. The lowest BCUT2D eigenvalue weighted by atomic mass is 9.51. The van der Waals surface area contributed by atoms with Crippen LogP contribution in [0.5, 0.6) is 0 Å². The molecule has 0 fully saturated rings. The minimum absolute atomic E-state index is 0.0412. The van der Waals surface area contributed by atoms with Crippen molar-refractivity contribution in [3.63, 3.8) is 0 Å². The van der Waals surface area contributed by atoms with Crippen LogP contribution in [0.1, 0.15) is 49.8 Å². The maximum absolute atomic E-state index is 5.66. The Hall–Kier alpha value is -2.44. The molecule has 0 radical (unpaired) electrons. The Morgan fingerprint density at radius 1 is 1.19 bits per heavy atom. The summed E-state index contributed by atoms with van der Waals surface area (Å²) in [6.07, 6.45) is 6.64. The van der Waals surface area contributed by atoms with Gasteiger partial charge in [-0.3, -0.25) is 9.36 Å². The van der Waals surface area contributed by atoms with Crippen LogP contribution in [0, 0.1) is 5.92 Å². The predicted molar refractivity (Wildman–Crippen MR) is 95.6 cm³/mol. The molecule has 0 saturated heterocycles. The van der Waals surface area contributed by atoms with Crippen molar-refractivity contribution in [2.24, 2.45) is 20.0 Å². The quantitative estimate of drug-likeness (QED) is 0.673. The van der Waals surface area contributed by atoms with Crippen LogP contribution < -0.4 is 0 Å². The fraction of sp³-hybridized carbons (Fsp3) is 0.579. The Morgan fingerprint density at radius 3 is 2.73 bits per heavy atom. The first-order valence-corrected chi connectivity index (χ1v) is 9.19. The van der Waals surface area contributed by atoms with Crippen LogP contribution >= 0.6 is 0 Å². The van der Waals surface area contributed by atoms with Gasteiger partial charge in [-0.05, 0) is 25.2 Å². The standard InChI is InChI=1S/C19H24N6O/c1-18(2)13-7-6-12-14(17-20-10-24(4)23-17)25(5)22-15(12)19(13,3)8-11-9-21-26-16(11)18/h9-10,13H,6-8H2,1-5H3/t13-,19-/m0/s1. The zero-order valence-electron chi connectivity index (χ0n) is 15.9. The molecule has 0 saturated carbocycles. The van der Waals surface area contributed by atoms with Crippen LogP contribution in [-0.4, -0.2) is 29.7 Å². The topological polar surface area (TPSA) is 74.6 Å². The molecular formula is C19H24N6O. The minimum atomic E-state index is -0.0581. The number of hydrogen-bond donors (Lipinski definition) is 0. The summed E-state index contributed by atoms with van der Waals surface area (Å²) in [5.74, 6) is 2.26. The Labute approximate surface area is 152 Å². The van der Waals surface area contributed by atoms with E-state index >= 15 is 0 Å². The van der Waals surface area contributed by atoms with Gasteiger partial charge < -0.3 is 4.52 Å². The van der Waals surface area contributed by atoms with Crippen molar-refractivity contribution in [3.8, 4) is 11.5 Å². The number of rotatable bonds is 1. The lowest BCUT2D eigenvalue weighted by Crippen LogP contribution is -2.51. The monoisotopic (exact) mass is 352 g/mol. The molecule has 0 N–H and O–H groups in total. The van der Waals surface area contributed by atoms with Crippen LogP contribution in [-0.2, 0) is 37.8 Å². The molecule has 0 spiro atoms. The molecular weight excluding hydrogens is 328 g/mol. The second-order valence-electron chi connectivity index (χ2n) is 8.63. The average molecular weight is 352 g/mol. The van der Waals surface area contributed by atoms with Gasteiger partial charge in [-0.1, -0.05) is 25.9 Å². The van der Waals surface area contributed by atoms with Crippen LogP contribution in [0.15, 0.2) is 17.0 Å². The normalized spacial score (nSPS) is 26.3. The summed E-state index contributed by atoms with van der Waals surface area (Å²) >= 11 is 0. The molecule has 2 aliphatic rings. The Bertz CT molecular complexity index is 1010. The van der Waals surface area contributed by atoms with Crippen LogP contribution in [0.3, 0.4) is 0 Å². The smallest absolute Gasteiger partial charge is 0.199 e. The fourth-order valence-corrected chi connectivity index (χ4v) is 5.60. The van der Waals surface area contributed by atoms with E-state index in [2.05, 4.69) is 36.0 Å². The van der Waals surface area contributed by atoms with E-state index in [-0.39, 0.29) is 10.8 Å². The average Bonchev–Trinajstić information content (AvgIpc) is 3.26. The first-order chi connectivity index (χ1) is 12.3. The molecule has 0 aliphatic heterocycles. The van der Waals surface area contributed by atoms with E-state index in [9.17, 15) is 0 Å². The van der Waals surface area contributed by atoms with Crippen molar-refractivity contribution in [3.05, 3.63) is 35.1 Å². The molecule has 0 aromatic carbocycles. The second-order valence-corrected chi connectivity index (χ2v) is 8.63. The van der Waals surface area contributed by atoms with Crippen LogP contribution in [0.2, 0.25) is 0 Å². The first-order valence-electron chi connectivity index (χ1n) is 9.19. The lowest BCUT2D eigenvalue weighted by Gasteiger charge is -2.51. The third kappa shape index (κ3) is 1.83. The number of nitrogens with zero attached hydrogens (tertiary/aromatic N) is 6. The summed E-state index contributed by atoms with van der Waals surface area (Å²) in [6.45, 7) is 6.93. The van der Waals surface area contributed by atoms with Crippen molar-refractivity contribution in [1.82, 2.24) is 29.7 Å². The molecule has 3 heterocycles. The number of hydrogen-bond acceptors (Lipinski definition) is 5. The highest BCUT2D eigenvalue weighted by molar-refractivity contribution is 5.59. The van der Waals surface area contributed by atoms with E-state index in [1.807, 2.05) is 25.0 Å². The number of fused-ring (bicyclic) bond motifs is 4. The molecule has 7 nitrogen and oxygen atoms in total. The summed E-state index contributed by atoms with van der Waals surface area (Å²) in [4.78, 5) is 4.48. The fourth-order valence-electron chi connectivity index (χ4n) is 5.60. The highest BCUT2D eigenvalue weighted by Gasteiger charge is 2.56. The van der Waals surface area contributed by atoms with Gasteiger partial charge in [-0.25, -0.2) is 4.98 Å². The van der Waals surface area contributed by atoms with Crippen molar-refractivity contribution < 1.29 is 4.52 Å². The van der Waals surface area contributed by atoms with Crippen LogP contribution in [0.25, 0.3) is 11.5 Å². The zero-order valence-corrected chi connectivity index (χ0v) is 15.9. The summed E-state index contributed by atoms with van der Waals surface area (Å²) in [6, 6.07) is 0. The molecule has 2 atom stereocenters. The van der Waals surface area contributed by atoms with Gasteiger partial charge in [0, 0.05) is 36.1 Å². The highest BCUT2D eigenvalue weighted by atomic mass is 16.5. The first kappa shape index (κ1) is 15.8. The molecule has 0 bridgehead atoms. The van der Waals surface area contributed by atoms with Gasteiger partial charge in [0.2, 0.25) is 0 Å². The molecule has 0 unspecified atom stereocenters. The van der Waals surface area contributed by atoms with Crippen molar-refractivity contribution in [2.45, 2.75) is 50.9 Å². The van der Waals surface area contributed by atoms with E-state index in [1.165, 1.54) is 16.8 Å². The molecule has 3 aromatic heterocycles. The largest absolute Gasteiger partial charge is 0.361 e. The van der Waals surface area contributed by atoms with Crippen molar-refractivity contribution in [1.29, 1.82) is 0 Å². The van der Waals surface area contributed by atoms with Gasteiger partial charge in [-0.15, -0.1) is 5.10 Å². The van der Waals surface area contributed by atoms with E-state index in [0.29, 0.717) is 5.92 Å². The molecule has 26 heavy (non-hydrogen) atoms. The highest BCUT2D eigenvalue weighted by Crippen LogP contribution is 2.56. The van der Waals surface area contributed by atoms with E-state index in [0.717, 1.165) is 36.5 Å². The van der Waals surface area contributed by atoms with Crippen molar-refractivity contribution >= 4 is 0 Å². The molecule has 0 amide bonds. The third-order valence-corrected chi connectivity index (χ3v) is 6.61. The van der Waals surface area contributed by atoms with Gasteiger partial charge in [0.15, 0.2) is 5.82 Å². The van der Waals surface area contributed by atoms with Gasteiger partial charge in [0.05, 0.1) is 11.9 Å². The molecule has 5 rings (SSSR count). The van der Waals surface area contributed by atoms with Gasteiger partial charge >= 0.3 is 0 Å². The summed E-state index contributed by atoms with van der Waals surface area (Å²) in [7, 11) is 3.90. The SMILES string of the molecule is Cn1cnc(-c2c3c(nn2C)[C@@]2(C)Cc4cnoc4C(C)(C)[C@@H]2CC3)n1. The Morgan fingerprint density at radius 2 is 2.00 bits per heavy atom. The maximum atomic E-state index is 5.66. The Kier molecular flexibility index (Phi) is 2.94. The molecule has 7 heteroatoms. The second kappa shape index (κ2) is 4.84. The van der Waals surface area contributed by atoms with E-state index in [4.69, 9.17) is 9.62 Å². The lowest BCUT2D eigenvalue weighted by molar-refractivity contribution is 0.109. The third-order valence-electron chi connectivity index (χ3n) is 6.61. The van der Waals surface area contributed by atoms with Crippen molar-refractivity contribution in [2.75, 3.05) is 0 Å². The van der Waals surface area contributed by atoms with Gasteiger partial charge in [0.1, 0.15) is 17.8 Å². The van der Waals surface area contributed by atoms with Gasteiger partial charge in [-0.2, -0.15) is 5.10 Å². The number of aromatic nitrogens is 6. The summed E-state index contributed by atoms with van der Waals surface area (Å²) < 4.78 is 9.36. The molecule has 2 aliphatic carbocycles. The van der Waals surface area contributed by atoms with Crippen LogP contribution in [0.4, 0.5) is 0 Å². The van der Waals surface area contributed by atoms with Gasteiger partial charge in [0.25, 0.3) is 0 Å². The zero-order chi connectivity index (χ0) is 18.3. The van der Waals surface area contributed by atoms with E-state index < -0.39 is 0 Å². The minimum Gasteiger partial charge on any atom is -0.361 e. The number of aryl methyl sites for hydroxylation is 2. The van der Waals surface area contributed by atoms with E-state index in [1.54, 1.807) is 11.0 Å².